The summed E-state index contributed by atoms with van der Waals surface area (Å²) in [5, 5.41) is 1.97. The first kappa shape index (κ1) is 13.5. The Bertz CT molecular complexity index is 536. The van der Waals surface area contributed by atoms with Gasteiger partial charge in [-0.15, -0.1) is 0 Å². The van der Waals surface area contributed by atoms with E-state index in [1.165, 1.54) is 19.1 Å². The number of hydrogen-bond acceptors (Lipinski definition) is 4. The van der Waals surface area contributed by atoms with Crippen LogP contribution in [0.3, 0.4) is 0 Å². The summed E-state index contributed by atoms with van der Waals surface area (Å²) in [6, 6.07) is 4.42. The first-order valence-corrected chi connectivity index (χ1v) is 6.71. The number of amides is 1. The van der Waals surface area contributed by atoms with Gasteiger partial charge in [0.15, 0.2) is 9.84 Å². The molecule has 3 N–H and O–H groups in total. The highest BCUT2D eigenvalue weighted by atomic mass is 32.2. The van der Waals surface area contributed by atoms with Gasteiger partial charge in [0.25, 0.3) is 0 Å². The minimum Gasteiger partial charge on any atom is -0.398 e. The molecule has 1 rings (SSSR count). The Morgan fingerprint density at radius 2 is 1.94 bits per heavy atom. The molecule has 0 saturated carbocycles. The number of carbonyl (C=O) groups excluding carboxylic acids is 1. The van der Waals surface area contributed by atoms with E-state index in [0.717, 1.165) is 0 Å². The van der Waals surface area contributed by atoms with Gasteiger partial charge in [-0.2, -0.15) is 0 Å². The first-order chi connectivity index (χ1) is 7.75. The summed E-state index contributed by atoms with van der Waals surface area (Å²) >= 11 is 0. The largest absolute Gasteiger partial charge is 0.398 e. The fourth-order valence-electron chi connectivity index (χ4n) is 1.32. The molecule has 0 fully saturated rings. The van der Waals surface area contributed by atoms with Crippen molar-refractivity contribution in [3.05, 3.63) is 18.2 Å². The van der Waals surface area contributed by atoms with E-state index in [9.17, 15) is 13.2 Å². The van der Waals surface area contributed by atoms with Crippen molar-refractivity contribution >= 4 is 27.1 Å². The van der Waals surface area contributed by atoms with Gasteiger partial charge in [-0.1, -0.05) is 0 Å². The average Bonchev–Trinajstić information content (AvgIpc) is 2.19. The summed E-state index contributed by atoms with van der Waals surface area (Å²) in [4.78, 5) is 11.0. The summed E-state index contributed by atoms with van der Waals surface area (Å²) in [5.74, 6) is -0.261. The van der Waals surface area contributed by atoms with Gasteiger partial charge in [0, 0.05) is 12.6 Å². The number of rotatable bonds is 3. The van der Waals surface area contributed by atoms with Crippen LogP contribution in [0.5, 0.6) is 0 Å². The van der Waals surface area contributed by atoms with Crippen molar-refractivity contribution in [2.24, 2.45) is 0 Å². The lowest BCUT2D eigenvalue weighted by Crippen LogP contribution is -2.16. The van der Waals surface area contributed by atoms with E-state index >= 15 is 0 Å². The molecule has 5 nitrogen and oxygen atoms in total. The van der Waals surface area contributed by atoms with E-state index in [4.69, 9.17) is 5.73 Å². The maximum absolute atomic E-state index is 12.0. The molecular formula is C11H16N2O3S. The van der Waals surface area contributed by atoms with Crippen LogP contribution in [0.25, 0.3) is 0 Å². The molecule has 0 bridgehead atoms. The van der Waals surface area contributed by atoms with Crippen molar-refractivity contribution in [1.29, 1.82) is 0 Å². The molecule has 1 aromatic rings. The SMILES string of the molecule is CC(=O)Nc1ccc(N)c(S(=O)(=O)C(C)C)c1. The van der Waals surface area contributed by atoms with E-state index in [-0.39, 0.29) is 16.5 Å². The molecule has 0 saturated heterocycles. The molecule has 1 aromatic carbocycles. The standard InChI is InChI=1S/C11H16N2O3S/c1-7(2)17(15,16)11-6-9(13-8(3)14)4-5-10(11)12/h4-7H,12H2,1-3H3,(H,13,14). The van der Waals surface area contributed by atoms with E-state index in [2.05, 4.69) is 5.32 Å². The zero-order valence-corrected chi connectivity index (χ0v) is 10.8. The van der Waals surface area contributed by atoms with Gasteiger partial charge in [-0.25, -0.2) is 8.42 Å². The highest BCUT2D eigenvalue weighted by Crippen LogP contribution is 2.26. The summed E-state index contributed by atoms with van der Waals surface area (Å²) in [7, 11) is -3.44. The van der Waals surface area contributed by atoms with Gasteiger partial charge in [0.05, 0.1) is 15.8 Å². The molecule has 1 amide bonds. The monoisotopic (exact) mass is 256 g/mol. The Hall–Kier alpha value is -1.56. The number of anilines is 2. The Kier molecular flexibility index (Phi) is 3.77. The summed E-state index contributed by atoms with van der Waals surface area (Å²) in [6.07, 6.45) is 0. The Morgan fingerprint density at radius 1 is 1.35 bits per heavy atom. The van der Waals surface area contributed by atoms with Crippen molar-refractivity contribution in [1.82, 2.24) is 0 Å². The predicted octanol–water partition coefficient (Wildman–Crippen LogP) is 1.41. The van der Waals surface area contributed by atoms with Gasteiger partial charge in [-0.05, 0) is 32.0 Å². The van der Waals surface area contributed by atoms with E-state index in [1.807, 2.05) is 0 Å². The van der Waals surface area contributed by atoms with Crippen LogP contribution in [0.2, 0.25) is 0 Å². The second-order valence-electron chi connectivity index (χ2n) is 4.03. The second-order valence-corrected chi connectivity index (χ2v) is 6.50. The summed E-state index contributed by atoms with van der Waals surface area (Å²) < 4.78 is 24.0. The number of hydrogen-bond donors (Lipinski definition) is 2. The fourth-order valence-corrected chi connectivity index (χ4v) is 2.51. The van der Waals surface area contributed by atoms with Crippen molar-refractivity contribution in [2.75, 3.05) is 11.1 Å². The molecule has 6 heteroatoms. The topological polar surface area (TPSA) is 89.3 Å². The zero-order chi connectivity index (χ0) is 13.2. The number of benzene rings is 1. The zero-order valence-electron chi connectivity index (χ0n) is 10.0. The van der Waals surface area contributed by atoms with Crippen molar-refractivity contribution < 1.29 is 13.2 Å². The van der Waals surface area contributed by atoms with E-state index < -0.39 is 15.1 Å². The molecule has 0 unspecified atom stereocenters. The number of carbonyl (C=O) groups is 1. The molecule has 0 atom stereocenters. The smallest absolute Gasteiger partial charge is 0.221 e. The minimum atomic E-state index is -3.44. The molecule has 94 valence electrons. The van der Waals surface area contributed by atoms with Crippen molar-refractivity contribution in [2.45, 2.75) is 30.9 Å². The lowest BCUT2D eigenvalue weighted by Gasteiger charge is -2.12. The molecule has 0 aliphatic carbocycles. The van der Waals surface area contributed by atoms with Gasteiger partial charge in [0.2, 0.25) is 5.91 Å². The van der Waals surface area contributed by atoms with Crippen LogP contribution in [-0.4, -0.2) is 19.6 Å². The van der Waals surface area contributed by atoms with Crippen LogP contribution in [0, 0.1) is 0 Å². The predicted molar refractivity (Wildman–Crippen MR) is 67.5 cm³/mol. The fraction of sp³-hybridized carbons (Fsp3) is 0.364. The van der Waals surface area contributed by atoms with Crippen LogP contribution in [-0.2, 0) is 14.6 Å². The van der Waals surface area contributed by atoms with Gasteiger partial charge >= 0.3 is 0 Å². The Labute approximate surface area is 101 Å². The quantitative estimate of drug-likeness (QED) is 0.800. The molecule has 17 heavy (non-hydrogen) atoms. The van der Waals surface area contributed by atoms with E-state index in [0.29, 0.717) is 5.69 Å². The normalized spacial score (nSPS) is 11.5. The highest BCUT2D eigenvalue weighted by Gasteiger charge is 2.22. The number of nitrogen functional groups attached to an aromatic ring is 1. The number of nitrogens with two attached hydrogens (primary N) is 1. The third-order valence-electron chi connectivity index (χ3n) is 2.26. The van der Waals surface area contributed by atoms with Crippen molar-refractivity contribution in [3.8, 4) is 0 Å². The molecule has 0 heterocycles. The third-order valence-corrected chi connectivity index (χ3v) is 4.47. The second kappa shape index (κ2) is 4.75. The molecule has 0 aromatic heterocycles. The minimum absolute atomic E-state index is 0.0544. The Morgan fingerprint density at radius 3 is 2.41 bits per heavy atom. The lowest BCUT2D eigenvalue weighted by atomic mass is 10.3. The van der Waals surface area contributed by atoms with Gasteiger partial charge in [0.1, 0.15) is 0 Å². The summed E-state index contributed by atoms with van der Waals surface area (Å²) in [5.41, 5.74) is 6.26. The molecule has 0 aliphatic rings. The van der Waals surface area contributed by atoms with Crippen molar-refractivity contribution in [3.63, 3.8) is 0 Å². The van der Waals surface area contributed by atoms with Crippen LogP contribution in [0.4, 0.5) is 11.4 Å². The highest BCUT2D eigenvalue weighted by molar-refractivity contribution is 7.92. The average molecular weight is 256 g/mol. The van der Waals surface area contributed by atoms with E-state index in [1.54, 1.807) is 19.9 Å². The molecule has 0 aliphatic heterocycles. The first-order valence-electron chi connectivity index (χ1n) is 5.16. The number of nitrogens with one attached hydrogen (secondary N) is 1. The van der Waals surface area contributed by atoms with Crippen LogP contribution >= 0.6 is 0 Å². The van der Waals surface area contributed by atoms with Gasteiger partial charge < -0.3 is 11.1 Å². The van der Waals surface area contributed by atoms with Crippen LogP contribution < -0.4 is 11.1 Å². The Balaban J connectivity index is 3.29. The maximum Gasteiger partial charge on any atom is 0.221 e. The summed E-state index contributed by atoms with van der Waals surface area (Å²) in [6.45, 7) is 4.52. The molecule has 0 spiro atoms. The van der Waals surface area contributed by atoms with Crippen LogP contribution in [0.1, 0.15) is 20.8 Å². The lowest BCUT2D eigenvalue weighted by molar-refractivity contribution is -0.114. The molecular weight excluding hydrogens is 240 g/mol. The van der Waals surface area contributed by atoms with Gasteiger partial charge in [-0.3, -0.25) is 4.79 Å². The maximum atomic E-state index is 12.0. The third kappa shape index (κ3) is 2.97. The molecule has 0 radical (unpaired) electrons. The van der Waals surface area contributed by atoms with Crippen LogP contribution in [0.15, 0.2) is 23.1 Å². The number of sulfone groups is 1.